The standard InChI is InChI=1S/C11H16ClNO/c1-3-13(4-2)11-7-5-6-10(12)9(11)8-14/h5-7,14H,3-4,8H2,1-2H3. The smallest absolute Gasteiger partial charge is 0.0716 e. The van der Waals surface area contributed by atoms with Crippen molar-refractivity contribution < 1.29 is 5.11 Å². The lowest BCUT2D eigenvalue weighted by Crippen LogP contribution is -2.23. The second-order valence-electron chi connectivity index (χ2n) is 3.07. The number of aliphatic hydroxyl groups excluding tert-OH is 1. The van der Waals surface area contributed by atoms with E-state index in [2.05, 4.69) is 18.7 Å². The van der Waals surface area contributed by atoms with Crippen LogP contribution in [0.4, 0.5) is 5.69 Å². The van der Waals surface area contributed by atoms with E-state index >= 15 is 0 Å². The fourth-order valence-corrected chi connectivity index (χ4v) is 1.79. The topological polar surface area (TPSA) is 23.5 Å². The normalized spacial score (nSPS) is 10.3. The van der Waals surface area contributed by atoms with Crippen LogP contribution in [0.25, 0.3) is 0 Å². The summed E-state index contributed by atoms with van der Waals surface area (Å²) in [6, 6.07) is 5.71. The van der Waals surface area contributed by atoms with Crippen molar-refractivity contribution in [2.24, 2.45) is 0 Å². The van der Waals surface area contributed by atoms with Crippen molar-refractivity contribution in [3.8, 4) is 0 Å². The van der Waals surface area contributed by atoms with Crippen molar-refractivity contribution in [3.05, 3.63) is 28.8 Å². The van der Waals surface area contributed by atoms with Gasteiger partial charge in [0.1, 0.15) is 0 Å². The number of hydrogen-bond acceptors (Lipinski definition) is 2. The van der Waals surface area contributed by atoms with Crippen LogP contribution in [0.2, 0.25) is 5.02 Å². The second-order valence-corrected chi connectivity index (χ2v) is 3.48. The summed E-state index contributed by atoms with van der Waals surface area (Å²) in [6.07, 6.45) is 0. The molecule has 0 saturated heterocycles. The van der Waals surface area contributed by atoms with Crippen molar-refractivity contribution in [2.45, 2.75) is 20.5 Å². The number of anilines is 1. The minimum Gasteiger partial charge on any atom is -0.392 e. The molecule has 0 aliphatic carbocycles. The molecule has 1 rings (SSSR count). The van der Waals surface area contributed by atoms with Crippen molar-refractivity contribution in [1.29, 1.82) is 0 Å². The number of benzene rings is 1. The third-order valence-electron chi connectivity index (χ3n) is 2.36. The molecular weight excluding hydrogens is 198 g/mol. The van der Waals surface area contributed by atoms with Crippen molar-refractivity contribution in [3.63, 3.8) is 0 Å². The van der Waals surface area contributed by atoms with Gasteiger partial charge in [-0.3, -0.25) is 0 Å². The Morgan fingerprint density at radius 1 is 1.29 bits per heavy atom. The summed E-state index contributed by atoms with van der Waals surface area (Å²) in [5, 5.41) is 9.86. The summed E-state index contributed by atoms with van der Waals surface area (Å²) in [5.41, 5.74) is 1.85. The van der Waals surface area contributed by atoms with Crippen LogP contribution < -0.4 is 4.90 Å². The Bertz CT molecular complexity index is 297. The van der Waals surface area contributed by atoms with Gasteiger partial charge in [0.15, 0.2) is 0 Å². The van der Waals surface area contributed by atoms with Crippen molar-refractivity contribution >= 4 is 17.3 Å². The maximum absolute atomic E-state index is 9.23. The van der Waals surface area contributed by atoms with Crippen LogP contribution in [0.15, 0.2) is 18.2 Å². The molecule has 1 aromatic carbocycles. The van der Waals surface area contributed by atoms with Crippen molar-refractivity contribution in [1.82, 2.24) is 0 Å². The molecule has 0 heterocycles. The molecule has 0 atom stereocenters. The lowest BCUT2D eigenvalue weighted by molar-refractivity contribution is 0.282. The Kier molecular flexibility index (Phi) is 4.23. The van der Waals surface area contributed by atoms with Gasteiger partial charge in [-0.2, -0.15) is 0 Å². The van der Waals surface area contributed by atoms with Crippen LogP contribution in [-0.2, 0) is 6.61 Å². The molecule has 78 valence electrons. The Hall–Kier alpha value is -0.730. The van der Waals surface area contributed by atoms with Gasteiger partial charge in [-0.05, 0) is 26.0 Å². The fourth-order valence-electron chi connectivity index (χ4n) is 1.56. The summed E-state index contributed by atoms with van der Waals surface area (Å²) in [5.74, 6) is 0. The highest BCUT2D eigenvalue weighted by atomic mass is 35.5. The summed E-state index contributed by atoms with van der Waals surface area (Å²) >= 11 is 6.00. The molecule has 0 fully saturated rings. The largest absolute Gasteiger partial charge is 0.392 e. The minimum absolute atomic E-state index is 0.00843. The van der Waals surface area contributed by atoms with Crippen LogP contribution in [-0.4, -0.2) is 18.2 Å². The first-order valence-corrected chi connectivity index (χ1v) is 5.25. The average molecular weight is 214 g/mol. The molecule has 1 aromatic rings. The number of aliphatic hydroxyl groups is 1. The molecule has 0 aromatic heterocycles. The van der Waals surface area contributed by atoms with E-state index in [4.69, 9.17) is 11.6 Å². The molecule has 2 nitrogen and oxygen atoms in total. The molecule has 0 amide bonds. The van der Waals surface area contributed by atoms with Crippen LogP contribution in [0.1, 0.15) is 19.4 Å². The molecule has 0 aliphatic rings. The number of rotatable bonds is 4. The SMILES string of the molecule is CCN(CC)c1cccc(Cl)c1CO. The zero-order valence-electron chi connectivity index (χ0n) is 8.63. The van der Waals surface area contributed by atoms with Gasteiger partial charge >= 0.3 is 0 Å². The maximum atomic E-state index is 9.23. The second kappa shape index (κ2) is 5.23. The summed E-state index contributed by atoms with van der Waals surface area (Å²) < 4.78 is 0. The first kappa shape index (κ1) is 11.3. The third kappa shape index (κ3) is 2.20. The van der Waals surface area contributed by atoms with E-state index in [1.807, 2.05) is 12.1 Å². The van der Waals surface area contributed by atoms with Gasteiger partial charge in [0.25, 0.3) is 0 Å². The van der Waals surface area contributed by atoms with E-state index in [-0.39, 0.29) is 6.61 Å². The van der Waals surface area contributed by atoms with Gasteiger partial charge in [-0.25, -0.2) is 0 Å². The molecule has 0 radical (unpaired) electrons. The third-order valence-corrected chi connectivity index (χ3v) is 2.71. The quantitative estimate of drug-likeness (QED) is 0.832. The molecule has 14 heavy (non-hydrogen) atoms. The van der Waals surface area contributed by atoms with Gasteiger partial charge in [0, 0.05) is 29.4 Å². The number of hydrogen-bond donors (Lipinski definition) is 1. The highest BCUT2D eigenvalue weighted by Crippen LogP contribution is 2.27. The van der Waals surface area contributed by atoms with Gasteiger partial charge < -0.3 is 10.0 Å². The lowest BCUT2D eigenvalue weighted by atomic mass is 10.1. The highest BCUT2D eigenvalue weighted by molar-refractivity contribution is 6.31. The molecule has 0 saturated carbocycles. The van der Waals surface area contributed by atoms with Gasteiger partial charge in [0.05, 0.1) is 6.61 Å². The lowest BCUT2D eigenvalue weighted by Gasteiger charge is -2.24. The Morgan fingerprint density at radius 2 is 1.93 bits per heavy atom. The fraction of sp³-hybridized carbons (Fsp3) is 0.455. The van der Waals surface area contributed by atoms with E-state index in [0.717, 1.165) is 24.3 Å². The number of halogens is 1. The summed E-state index contributed by atoms with van der Waals surface area (Å²) in [4.78, 5) is 2.18. The highest BCUT2D eigenvalue weighted by Gasteiger charge is 2.09. The van der Waals surface area contributed by atoms with E-state index < -0.39 is 0 Å². The zero-order chi connectivity index (χ0) is 10.6. The maximum Gasteiger partial charge on any atom is 0.0716 e. The Morgan fingerprint density at radius 3 is 2.43 bits per heavy atom. The van der Waals surface area contributed by atoms with Crippen LogP contribution >= 0.6 is 11.6 Å². The van der Waals surface area contributed by atoms with Crippen molar-refractivity contribution in [2.75, 3.05) is 18.0 Å². The predicted molar refractivity (Wildman–Crippen MR) is 60.9 cm³/mol. The van der Waals surface area contributed by atoms with Crippen LogP contribution in [0, 0.1) is 0 Å². The van der Waals surface area contributed by atoms with Crippen LogP contribution in [0.3, 0.4) is 0 Å². The van der Waals surface area contributed by atoms with E-state index in [9.17, 15) is 5.11 Å². The molecule has 0 spiro atoms. The molecule has 0 unspecified atom stereocenters. The molecule has 3 heteroatoms. The van der Waals surface area contributed by atoms with Gasteiger partial charge in [-0.1, -0.05) is 17.7 Å². The Labute approximate surface area is 90.1 Å². The first-order valence-electron chi connectivity index (χ1n) is 4.87. The van der Waals surface area contributed by atoms with E-state index in [1.165, 1.54) is 0 Å². The number of nitrogens with zero attached hydrogens (tertiary/aromatic N) is 1. The van der Waals surface area contributed by atoms with Gasteiger partial charge in [-0.15, -0.1) is 0 Å². The zero-order valence-corrected chi connectivity index (χ0v) is 9.38. The van der Waals surface area contributed by atoms with Crippen LogP contribution in [0.5, 0.6) is 0 Å². The van der Waals surface area contributed by atoms with Gasteiger partial charge in [0.2, 0.25) is 0 Å². The predicted octanol–water partition coefficient (Wildman–Crippen LogP) is 2.68. The summed E-state index contributed by atoms with van der Waals surface area (Å²) in [7, 11) is 0. The average Bonchev–Trinajstić information content (AvgIpc) is 2.20. The Balaban J connectivity index is 3.11. The summed E-state index contributed by atoms with van der Waals surface area (Å²) in [6.45, 7) is 6.01. The first-order chi connectivity index (χ1) is 6.74. The minimum atomic E-state index is -0.00843. The monoisotopic (exact) mass is 213 g/mol. The molecule has 0 bridgehead atoms. The molecular formula is C11H16ClNO. The van der Waals surface area contributed by atoms with E-state index in [1.54, 1.807) is 6.07 Å². The van der Waals surface area contributed by atoms with E-state index in [0.29, 0.717) is 5.02 Å². The molecule has 1 N–H and O–H groups in total. The molecule has 0 aliphatic heterocycles.